The predicted molar refractivity (Wildman–Crippen MR) is 74.7 cm³/mol. The minimum atomic E-state index is -4.26. The normalized spacial score (nSPS) is 20.6. The SMILES string of the molecule is CC(C)N1CCC(CNc2ccc(C(F)(F)F)cc2)C1. The van der Waals surface area contributed by atoms with E-state index in [1.165, 1.54) is 12.1 Å². The van der Waals surface area contributed by atoms with Crippen molar-refractivity contribution < 1.29 is 13.2 Å². The molecule has 1 atom stereocenters. The first-order valence-electron chi connectivity index (χ1n) is 7.01. The summed E-state index contributed by atoms with van der Waals surface area (Å²) in [5, 5.41) is 3.23. The van der Waals surface area contributed by atoms with E-state index < -0.39 is 11.7 Å². The first-order valence-corrected chi connectivity index (χ1v) is 7.01. The van der Waals surface area contributed by atoms with Crippen molar-refractivity contribution in [2.45, 2.75) is 32.5 Å². The third-order valence-corrected chi connectivity index (χ3v) is 3.85. The van der Waals surface area contributed by atoms with Gasteiger partial charge in [0.15, 0.2) is 0 Å². The number of anilines is 1. The highest BCUT2D eigenvalue weighted by Gasteiger charge is 2.30. The molecule has 2 rings (SSSR count). The molecule has 1 N–H and O–H groups in total. The molecular formula is C15H21F3N2. The van der Waals surface area contributed by atoms with Crippen LogP contribution in [0.25, 0.3) is 0 Å². The van der Waals surface area contributed by atoms with E-state index in [9.17, 15) is 13.2 Å². The molecule has 1 aromatic carbocycles. The van der Waals surface area contributed by atoms with Gasteiger partial charge in [-0.1, -0.05) is 0 Å². The zero-order chi connectivity index (χ0) is 14.8. The second-order valence-corrected chi connectivity index (χ2v) is 5.70. The predicted octanol–water partition coefficient (Wildman–Crippen LogP) is 3.85. The average molecular weight is 286 g/mol. The van der Waals surface area contributed by atoms with Crippen LogP contribution in [-0.2, 0) is 6.18 Å². The molecule has 0 spiro atoms. The number of halogens is 3. The molecule has 0 aliphatic carbocycles. The lowest BCUT2D eigenvalue weighted by Gasteiger charge is -2.20. The van der Waals surface area contributed by atoms with Crippen LogP contribution in [0.5, 0.6) is 0 Å². The lowest BCUT2D eigenvalue weighted by atomic mass is 10.1. The van der Waals surface area contributed by atoms with Gasteiger partial charge in [-0.3, -0.25) is 0 Å². The van der Waals surface area contributed by atoms with Gasteiger partial charge in [0.05, 0.1) is 5.56 Å². The summed E-state index contributed by atoms with van der Waals surface area (Å²) >= 11 is 0. The Bertz CT molecular complexity index is 426. The zero-order valence-corrected chi connectivity index (χ0v) is 11.9. The van der Waals surface area contributed by atoms with E-state index in [4.69, 9.17) is 0 Å². The van der Waals surface area contributed by atoms with Crippen LogP contribution in [0.2, 0.25) is 0 Å². The second-order valence-electron chi connectivity index (χ2n) is 5.70. The summed E-state index contributed by atoms with van der Waals surface area (Å²) in [5.41, 5.74) is 0.149. The highest BCUT2D eigenvalue weighted by Crippen LogP contribution is 2.30. The van der Waals surface area contributed by atoms with Gasteiger partial charge in [-0.15, -0.1) is 0 Å². The number of likely N-dealkylation sites (tertiary alicyclic amines) is 1. The van der Waals surface area contributed by atoms with E-state index in [0.717, 1.165) is 43.9 Å². The fourth-order valence-corrected chi connectivity index (χ4v) is 2.54. The fourth-order valence-electron chi connectivity index (χ4n) is 2.54. The van der Waals surface area contributed by atoms with Crippen molar-refractivity contribution >= 4 is 5.69 Å². The third kappa shape index (κ3) is 3.88. The highest BCUT2D eigenvalue weighted by atomic mass is 19.4. The molecule has 0 saturated carbocycles. The van der Waals surface area contributed by atoms with E-state index in [0.29, 0.717) is 12.0 Å². The molecule has 5 heteroatoms. The highest BCUT2D eigenvalue weighted by molar-refractivity contribution is 5.45. The Labute approximate surface area is 118 Å². The minimum Gasteiger partial charge on any atom is -0.385 e. The molecular weight excluding hydrogens is 265 g/mol. The Balaban J connectivity index is 1.83. The van der Waals surface area contributed by atoms with Gasteiger partial charge in [-0.25, -0.2) is 0 Å². The van der Waals surface area contributed by atoms with Gasteiger partial charge >= 0.3 is 6.18 Å². The molecule has 1 heterocycles. The molecule has 1 saturated heterocycles. The number of nitrogens with one attached hydrogen (secondary N) is 1. The second kappa shape index (κ2) is 6.04. The summed E-state index contributed by atoms with van der Waals surface area (Å²) < 4.78 is 37.3. The number of nitrogens with zero attached hydrogens (tertiary/aromatic N) is 1. The van der Waals surface area contributed by atoms with Crippen molar-refractivity contribution in [3.05, 3.63) is 29.8 Å². The van der Waals surface area contributed by atoms with Crippen molar-refractivity contribution in [3.63, 3.8) is 0 Å². The van der Waals surface area contributed by atoms with Gasteiger partial charge in [0, 0.05) is 24.8 Å². The van der Waals surface area contributed by atoms with Gasteiger partial charge in [0.2, 0.25) is 0 Å². The molecule has 20 heavy (non-hydrogen) atoms. The molecule has 1 aromatic rings. The zero-order valence-electron chi connectivity index (χ0n) is 11.9. The van der Waals surface area contributed by atoms with E-state index in [-0.39, 0.29) is 0 Å². The first kappa shape index (κ1) is 15.2. The Kier molecular flexibility index (Phi) is 4.58. The summed E-state index contributed by atoms with van der Waals surface area (Å²) in [7, 11) is 0. The number of hydrogen-bond acceptors (Lipinski definition) is 2. The first-order chi connectivity index (χ1) is 9.36. The Morgan fingerprint density at radius 1 is 1.25 bits per heavy atom. The number of hydrogen-bond donors (Lipinski definition) is 1. The van der Waals surface area contributed by atoms with E-state index >= 15 is 0 Å². The quantitative estimate of drug-likeness (QED) is 0.904. The third-order valence-electron chi connectivity index (χ3n) is 3.85. The largest absolute Gasteiger partial charge is 0.416 e. The number of rotatable bonds is 4. The molecule has 1 aliphatic heterocycles. The van der Waals surface area contributed by atoms with Gasteiger partial charge in [-0.2, -0.15) is 13.2 Å². The molecule has 1 fully saturated rings. The standard InChI is InChI=1S/C15H21F3N2/c1-11(2)20-8-7-12(10-20)9-19-14-5-3-13(4-6-14)15(16,17)18/h3-6,11-12,19H,7-10H2,1-2H3. The van der Waals surface area contributed by atoms with E-state index in [1.807, 2.05) is 0 Å². The van der Waals surface area contributed by atoms with Crippen LogP contribution >= 0.6 is 0 Å². The van der Waals surface area contributed by atoms with Crippen LogP contribution in [0.3, 0.4) is 0 Å². The molecule has 0 bridgehead atoms. The van der Waals surface area contributed by atoms with Crippen molar-refractivity contribution in [1.82, 2.24) is 4.90 Å². The van der Waals surface area contributed by atoms with Gasteiger partial charge in [-0.05, 0) is 57.0 Å². The smallest absolute Gasteiger partial charge is 0.385 e. The van der Waals surface area contributed by atoms with Crippen LogP contribution in [0.15, 0.2) is 24.3 Å². The Hall–Kier alpha value is -1.23. The number of alkyl halides is 3. The molecule has 0 radical (unpaired) electrons. The topological polar surface area (TPSA) is 15.3 Å². The molecule has 0 amide bonds. The Morgan fingerprint density at radius 3 is 2.40 bits per heavy atom. The molecule has 1 aliphatic rings. The van der Waals surface area contributed by atoms with Crippen LogP contribution in [0.4, 0.5) is 18.9 Å². The monoisotopic (exact) mass is 286 g/mol. The number of benzene rings is 1. The summed E-state index contributed by atoms with van der Waals surface area (Å²) in [4.78, 5) is 2.43. The van der Waals surface area contributed by atoms with Crippen molar-refractivity contribution in [2.24, 2.45) is 5.92 Å². The maximum atomic E-state index is 12.4. The van der Waals surface area contributed by atoms with Gasteiger partial charge in [0.25, 0.3) is 0 Å². The van der Waals surface area contributed by atoms with Crippen LogP contribution in [0, 0.1) is 5.92 Å². The fraction of sp³-hybridized carbons (Fsp3) is 0.600. The van der Waals surface area contributed by atoms with E-state index in [1.54, 1.807) is 0 Å². The molecule has 0 aromatic heterocycles. The van der Waals surface area contributed by atoms with Crippen molar-refractivity contribution in [2.75, 3.05) is 25.0 Å². The van der Waals surface area contributed by atoms with Crippen LogP contribution < -0.4 is 5.32 Å². The van der Waals surface area contributed by atoms with Gasteiger partial charge < -0.3 is 10.2 Å². The van der Waals surface area contributed by atoms with Crippen molar-refractivity contribution in [1.29, 1.82) is 0 Å². The van der Waals surface area contributed by atoms with Crippen molar-refractivity contribution in [3.8, 4) is 0 Å². The van der Waals surface area contributed by atoms with Crippen LogP contribution in [0.1, 0.15) is 25.8 Å². The molecule has 1 unspecified atom stereocenters. The average Bonchev–Trinajstić information content (AvgIpc) is 2.85. The summed E-state index contributed by atoms with van der Waals surface area (Å²) in [5.74, 6) is 0.569. The van der Waals surface area contributed by atoms with Crippen LogP contribution in [-0.4, -0.2) is 30.6 Å². The van der Waals surface area contributed by atoms with Gasteiger partial charge in [0.1, 0.15) is 0 Å². The molecule has 2 nitrogen and oxygen atoms in total. The summed E-state index contributed by atoms with van der Waals surface area (Å²) in [6, 6.07) is 5.80. The lowest BCUT2D eigenvalue weighted by molar-refractivity contribution is -0.137. The molecule has 112 valence electrons. The maximum absolute atomic E-state index is 12.4. The summed E-state index contributed by atoms with van der Waals surface area (Å²) in [6.45, 7) is 7.36. The maximum Gasteiger partial charge on any atom is 0.416 e. The lowest BCUT2D eigenvalue weighted by Crippen LogP contribution is -2.29. The van der Waals surface area contributed by atoms with E-state index in [2.05, 4.69) is 24.1 Å². The Morgan fingerprint density at radius 2 is 1.90 bits per heavy atom. The minimum absolute atomic E-state index is 0.561. The summed E-state index contributed by atoms with van der Waals surface area (Å²) in [6.07, 6.45) is -3.12.